The van der Waals surface area contributed by atoms with Crippen LogP contribution in [0.2, 0.25) is 0 Å². The molecule has 0 radical (unpaired) electrons. The van der Waals surface area contributed by atoms with Gasteiger partial charge in [0, 0.05) is 17.7 Å². The fourth-order valence-electron chi connectivity index (χ4n) is 1.89. The lowest BCUT2D eigenvalue weighted by molar-refractivity contribution is -0.384. The van der Waals surface area contributed by atoms with Crippen LogP contribution in [0, 0.1) is 24.0 Å². The molecule has 24 heavy (non-hydrogen) atoms. The van der Waals surface area contributed by atoms with Crippen molar-refractivity contribution in [2.45, 2.75) is 18.7 Å². The Bertz CT molecular complexity index is 909. The third-order valence-corrected chi connectivity index (χ3v) is 4.65. The van der Waals surface area contributed by atoms with Gasteiger partial charge in [-0.25, -0.2) is 8.42 Å². The van der Waals surface area contributed by atoms with Gasteiger partial charge in [0.05, 0.1) is 9.82 Å². The average Bonchev–Trinajstić information content (AvgIpc) is 2.55. The van der Waals surface area contributed by atoms with E-state index < -0.39 is 20.9 Å². The zero-order chi connectivity index (χ0) is 17.9. The minimum atomic E-state index is -3.94. The molecule has 8 nitrogen and oxygen atoms in total. The number of nitro groups is 1. The van der Waals surface area contributed by atoms with E-state index in [-0.39, 0.29) is 16.1 Å². The molecule has 0 unspecified atom stereocenters. The van der Waals surface area contributed by atoms with Crippen LogP contribution in [0.3, 0.4) is 0 Å². The highest BCUT2D eigenvalue weighted by atomic mass is 32.2. The molecule has 0 saturated carbocycles. The van der Waals surface area contributed by atoms with Gasteiger partial charge in [-0.1, -0.05) is 12.1 Å². The molecule has 0 aromatic heterocycles. The van der Waals surface area contributed by atoms with Crippen molar-refractivity contribution in [1.29, 1.82) is 0 Å². The molecule has 0 heterocycles. The summed E-state index contributed by atoms with van der Waals surface area (Å²) < 4.78 is 24.3. The number of benzene rings is 2. The fraction of sp³-hybridized carbons (Fsp3) is 0.133. The summed E-state index contributed by atoms with van der Waals surface area (Å²) in [5.74, 6) is -0.800. The lowest BCUT2D eigenvalue weighted by Gasteiger charge is -2.10. The number of rotatable bonds is 5. The van der Waals surface area contributed by atoms with Crippen LogP contribution in [0.25, 0.3) is 0 Å². The van der Waals surface area contributed by atoms with Crippen molar-refractivity contribution in [3.05, 3.63) is 69.3 Å². The first-order valence-corrected chi connectivity index (χ1v) is 8.33. The number of nitrogens with one attached hydrogen (secondary N) is 2. The highest BCUT2D eigenvalue weighted by Crippen LogP contribution is 2.15. The van der Waals surface area contributed by atoms with Gasteiger partial charge in [-0.15, -0.1) is 4.83 Å². The maximum absolute atomic E-state index is 12.2. The molecule has 126 valence electrons. The normalized spacial score (nSPS) is 11.1. The maximum atomic E-state index is 12.2. The van der Waals surface area contributed by atoms with Gasteiger partial charge in [-0.2, -0.15) is 0 Å². The Morgan fingerprint density at radius 2 is 1.79 bits per heavy atom. The summed E-state index contributed by atoms with van der Waals surface area (Å²) in [7, 11) is -3.94. The fourth-order valence-corrected chi connectivity index (χ4v) is 2.81. The first kappa shape index (κ1) is 17.6. The van der Waals surface area contributed by atoms with Crippen LogP contribution in [-0.2, 0) is 10.0 Å². The Labute approximate surface area is 138 Å². The third-order valence-electron chi connectivity index (χ3n) is 3.41. The van der Waals surface area contributed by atoms with Crippen molar-refractivity contribution in [2.75, 3.05) is 0 Å². The maximum Gasteiger partial charge on any atom is 0.270 e. The van der Waals surface area contributed by atoms with Crippen molar-refractivity contribution in [3.8, 4) is 0 Å². The smallest absolute Gasteiger partial charge is 0.270 e. The number of amides is 1. The van der Waals surface area contributed by atoms with Gasteiger partial charge in [0.2, 0.25) is 0 Å². The van der Waals surface area contributed by atoms with Gasteiger partial charge in [-0.3, -0.25) is 20.3 Å². The molecule has 0 spiro atoms. The van der Waals surface area contributed by atoms with E-state index in [0.29, 0.717) is 0 Å². The molecular formula is C15H15N3O5S. The molecule has 0 saturated heterocycles. The third kappa shape index (κ3) is 3.94. The minimum absolute atomic E-state index is 0.00458. The largest absolute Gasteiger partial charge is 0.273 e. The van der Waals surface area contributed by atoms with Crippen molar-refractivity contribution in [2.24, 2.45) is 0 Å². The van der Waals surface area contributed by atoms with Crippen molar-refractivity contribution >= 4 is 21.6 Å². The number of hydrazine groups is 1. The quantitative estimate of drug-likeness (QED) is 0.630. The zero-order valence-corrected chi connectivity index (χ0v) is 13.8. The van der Waals surface area contributed by atoms with E-state index in [1.165, 1.54) is 30.3 Å². The molecule has 2 rings (SSSR count). The zero-order valence-electron chi connectivity index (χ0n) is 12.9. The Morgan fingerprint density at radius 1 is 1.08 bits per heavy atom. The van der Waals surface area contributed by atoms with Crippen molar-refractivity contribution < 1.29 is 18.1 Å². The van der Waals surface area contributed by atoms with Crippen LogP contribution in [0.4, 0.5) is 5.69 Å². The summed E-state index contributed by atoms with van der Waals surface area (Å²) in [6.07, 6.45) is 0. The first-order chi connectivity index (χ1) is 11.2. The number of non-ortho nitro benzene ring substituents is 1. The monoisotopic (exact) mass is 349 g/mol. The van der Waals surface area contributed by atoms with E-state index in [2.05, 4.69) is 0 Å². The summed E-state index contributed by atoms with van der Waals surface area (Å²) in [5, 5.41) is 10.7. The highest BCUT2D eigenvalue weighted by molar-refractivity contribution is 7.89. The number of aryl methyl sites for hydroxylation is 2. The second-order valence-electron chi connectivity index (χ2n) is 5.11. The number of hydrogen-bond donors (Lipinski definition) is 2. The number of carbonyl (C=O) groups is 1. The SMILES string of the molecule is Cc1ccc(S(=O)(=O)NNC(=O)c2cccc([N+](=O)[O-])c2)cc1C. The number of nitro benzene ring substituents is 1. The minimum Gasteiger partial charge on any atom is -0.273 e. The van der Waals surface area contributed by atoms with Gasteiger partial charge in [-0.05, 0) is 43.2 Å². The summed E-state index contributed by atoms with van der Waals surface area (Å²) in [6.45, 7) is 3.62. The number of sulfonamides is 1. The Balaban J connectivity index is 2.14. The molecular weight excluding hydrogens is 334 g/mol. The van der Waals surface area contributed by atoms with Crippen LogP contribution in [0.5, 0.6) is 0 Å². The predicted molar refractivity (Wildman–Crippen MR) is 86.8 cm³/mol. The summed E-state index contributed by atoms with van der Waals surface area (Å²) in [5.41, 5.74) is 3.47. The lowest BCUT2D eigenvalue weighted by atomic mass is 10.1. The van der Waals surface area contributed by atoms with Gasteiger partial charge in [0.25, 0.3) is 21.6 Å². The topological polar surface area (TPSA) is 118 Å². The number of nitrogens with zero attached hydrogens (tertiary/aromatic N) is 1. The van der Waals surface area contributed by atoms with E-state index in [4.69, 9.17) is 0 Å². The first-order valence-electron chi connectivity index (χ1n) is 6.84. The molecule has 0 atom stereocenters. The number of hydrogen-bond acceptors (Lipinski definition) is 5. The highest BCUT2D eigenvalue weighted by Gasteiger charge is 2.17. The predicted octanol–water partition coefficient (Wildman–Crippen LogP) is 1.83. The average molecular weight is 349 g/mol. The molecule has 2 N–H and O–H groups in total. The second-order valence-corrected chi connectivity index (χ2v) is 6.80. The van der Waals surface area contributed by atoms with E-state index >= 15 is 0 Å². The standard InChI is InChI=1S/C15H15N3O5S/c1-10-6-7-14(8-11(10)2)24(22,23)17-16-15(19)12-4-3-5-13(9-12)18(20)21/h3-9,17H,1-2H3,(H,16,19). The molecule has 0 aliphatic rings. The molecule has 0 aliphatic carbocycles. The van der Waals surface area contributed by atoms with Gasteiger partial charge in [0.15, 0.2) is 0 Å². The Kier molecular flexibility index (Phi) is 4.96. The molecule has 0 bridgehead atoms. The molecule has 2 aromatic carbocycles. The second kappa shape index (κ2) is 6.77. The van der Waals surface area contributed by atoms with Crippen molar-refractivity contribution in [1.82, 2.24) is 10.3 Å². The van der Waals surface area contributed by atoms with E-state index in [1.54, 1.807) is 13.0 Å². The molecule has 1 amide bonds. The Morgan fingerprint density at radius 3 is 2.42 bits per heavy atom. The van der Waals surface area contributed by atoms with E-state index in [0.717, 1.165) is 17.2 Å². The van der Waals surface area contributed by atoms with Gasteiger partial charge < -0.3 is 0 Å². The van der Waals surface area contributed by atoms with Gasteiger partial charge >= 0.3 is 0 Å². The molecule has 0 fully saturated rings. The van der Waals surface area contributed by atoms with Crippen molar-refractivity contribution in [3.63, 3.8) is 0 Å². The summed E-state index contributed by atoms with van der Waals surface area (Å²) in [6, 6.07) is 9.53. The lowest BCUT2D eigenvalue weighted by Crippen LogP contribution is -2.41. The summed E-state index contributed by atoms with van der Waals surface area (Å²) >= 11 is 0. The van der Waals surface area contributed by atoms with Crippen LogP contribution in [0.1, 0.15) is 21.5 Å². The molecule has 0 aliphatic heterocycles. The van der Waals surface area contributed by atoms with Crippen LogP contribution in [0.15, 0.2) is 47.4 Å². The summed E-state index contributed by atoms with van der Waals surface area (Å²) in [4.78, 5) is 24.0. The van der Waals surface area contributed by atoms with Crippen LogP contribution < -0.4 is 10.3 Å². The van der Waals surface area contributed by atoms with Crippen LogP contribution >= 0.6 is 0 Å². The van der Waals surface area contributed by atoms with Crippen LogP contribution in [-0.4, -0.2) is 19.2 Å². The van der Waals surface area contributed by atoms with E-state index in [9.17, 15) is 23.3 Å². The van der Waals surface area contributed by atoms with Gasteiger partial charge in [0.1, 0.15) is 0 Å². The Hall–Kier alpha value is -2.78. The molecule has 2 aromatic rings. The number of carbonyl (C=O) groups excluding carboxylic acids is 1. The van der Waals surface area contributed by atoms with E-state index in [1.807, 2.05) is 17.2 Å². The molecule has 9 heteroatoms.